The lowest BCUT2D eigenvalue weighted by atomic mass is 10.1. The molecule has 0 saturated carbocycles. The number of likely N-dealkylation sites (tertiary alicyclic amines) is 1. The van der Waals surface area contributed by atoms with Crippen LogP contribution in [-0.2, 0) is 12.7 Å². The third kappa shape index (κ3) is 3.23. The van der Waals surface area contributed by atoms with E-state index in [2.05, 4.69) is 0 Å². The van der Waals surface area contributed by atoms with Crippen molar-refractivity contribution in [1.82, 2.24) is 4.90 Å². The van der Waals surface area contributed by atoms with Gasteiger partial charge in [0.1, 0.15) is 0 Å². The standard InChI is InChI=1S/C13H16F3NO/c1-12(18)6-7-17(9-12)8-10-2-4-11(5-3-10)13(14,15)16/h2-5,18H,6-9H2,1H3. The SMILES string of the molecule is CC1(O)CCN(Cc2ccc(C(F)(F)F)cc2)C1. The fourth-order valence-corrected chi connectivity index (χ4v) is 2.23. The summed E-state index contributed by atoms with van der Waals surface area (Å²) in [6.07, 6.45) is -3.58. The van der Waals surface area contributed by atoms with Gasteiger partial charge in [0.2, 0.25) is 0 Å². The first-order valence-electron chi connectivity index (χ1n) is 5.87. The van der Waals surface area contributed by atoms with E-state index in [9.17, 15) is 18.3 Å². The lowest BCUT2D eigenvalue weighted by Gasteiger charge is -2.19. The molecule has 18 heavy (non-hydrogen) atoms. The molecule has 0 aliphatic carbocycles. The Morgan fingerprint density at radius 2 is 1.89 bits per heavy atom. The van der Waals surface area contributed by atoms with Gasteiger partial charge in [-0.05, 0) is 31.0 Å². The van der Waals surface area contributed by atoms with Crippen molar-refractivity contribution in [2.24, 2.45) is 0 Å². The van der Waals surface area contributed by atoms with Crippen molar-refractivity contribution in [3.8, 4) is 0 Å². The summed E-state index contributed by atoms with van der Waals surface area (Å²) in [5.74, 6) is 0. The largest absolute Gasteiger partial charge is 0.416 e. The second-order valence-electron chi connectivity index (χ2n) is 5.15. The van der Waals surface area contributed by atoms with Crippen LogP contribution in [0.25, 0.3) is 0 Å². The van der Waals surface area contributed by atoms with Crippen LogP contribution in [0.3, 0.4) is 0 Å². The molecule has 2 rings (SSSR count). The van der Waals surface area contributed by atoms with Crippen molar-refractivity contribution >= 4 is 0 Å². The fourth-order valence-electron chi connectivity index (χ4n) is 2.23. The lowest BCUT2D eigenvalue weighted by Crippen LogP contribution is -2.29. The third-order valence-electron chi connectivity index (χ3n) is 3.22. The number of alkyl halides is 3. The van der Waals surface area contributed by atoms with E-state index in [4.69, 9.17) is 0 Å². The molecule has 1 aliphatic heterocycles. The molecule has 0 radical (unpaired) electrons. The van der Waals surface area contributed by atoms with Gasteiger partial charge >= 0.3 is 6.18 Å². The van der Waals surface area contributed by atoms with Gasteiger partial charge in [0.25, 0.3) is 0 Å². The first kappa shape index (κ1) is 13.4. The van der Waals surface area contributed by atoms with Crippen LogP contribution in [0.4, 0.5) is 13.2 Å². The molecule has 100 valence electrons. The average molecular weight is 259 g/mol. The highest BCUT2D eigenvalue weighted by Crippen LogP contribution is 2.29. The molecule has 0 aromatic heterocycles. The van der Waals surface area contributed by atoms with Gasteiger partial charge in [-0.1, -0.05) is 12.1 Å². The normalized spacial score (nSPS) is 25.6. The maximum Gasteiger partial charge on any atom is 0.416 e. The Kier molecular flexibility index (Phi) is 3.38. The van der Waals surface area contributed by atoms with Crippen LogP contribution in [-0.4, -0.2) is 28.7 Å². The lowest BCUT2D eigenvalue weighted by molar-refractivity contribution is -0.137. The summed E-state index contributed by atoms with van der Waals surface area (Å²) < 4.78 is 37.1. The Morgan fingerprint density at radius 1 is 1.28 bits per heavy atom. The molecule has 1 atom stereocenters. The van der Waals surface area contributed by atoms with E-state index in [1.807, 2.05) is 4.90 Å². The molecule has 0 bridgehead atoms. The third-order valence-corrected chi connectivity index (χ3v) is 3.22. The van der Waals surface area contributed by atoms with E-state index in [1.165, 1.54) is 12.1 Å². The van der Waals surface area contributed by atoms with E-state index >= 15 is 0 Å². The molecule has 1 unspecified atom stereocenters. The summed E-state index contributed by atoms with van der Waals surface area (Å²) in [7, 11) is 0. The van der Waals surface area contributed by atoms with Gasteiger partial charge in [-0.25, -0.2) is 0 Å². The van der Waals surface area contributed by atoms with E-state index in [-0.39, 0.29) is 0 Å². The summed E-state index contributed by atoms with van der Waals surface area (Å²) in [6, 6.07) is 5.19. The average Bonchev–Trinajstić information content (AvgIpc) is 2.57. The molecule has 0 amide bonds. The zero-order chi connectivity index (χ0) is 13.4. The minimum absolute atomic E-state index is 0.564. The molecule has 1 N–H and O–H groups in total. The van der Waals surface area contributed by atoms with Crippen LogP contribution in [0.5, 0.6) is 0 Å². The predicted octanol–water partition coefficient (Wildman–Crippen LogP) is 2.66. The predicted molar refractivity (Wildman–Crippen MR) is 62.0 cm³/mol. The zero-order valence-corrected chi connectivity index (χ0v) is 10.2. The van der Waals surface area contributed by atoms with Gasteiger partial charge in [0.05, 0.1) is 11.2 Å². The molecule has 1 heterocycles. The molecule has 2 nitrogen and oxygen atoms in total. The number of nitrogens with zero attached hydrogens (tertiary/aromatic N) is 1. The van der Waals surface area contributed by atoms with Gasteiger partial charge < -0.3 is 5.11 Å². The van der Waals surface area contributed by atoms with E-state index in [1.54, 1.807) is 6.92 Å². The highest BCUT2D eigenvalue weighted by molar-refractivity contribution is 5.24. The Balaban J connectivity index is 1.99. The second-order valence-corrected chi connectivity index (χ2v) is 5.15. The quantitative estimate of drug-likeness (QED) is 0.882. The molecular weight excluding hydrogens is 243 g/mol. The second kappa shape index (κ2) is 4.55. The number of benzene rings is 1. The van der Waals surface area contributed by atoms with Crippen LogP contribution >= 0.6 is 0 Å². The van der Waals surface area contributed by atoms with Gasteiger partial charge in [0, 0.05) is 19.6 Å². The maximum absolute atomic E-state index is 12.4. The minimum atomic E-state index is -4.28. The fraction of sp³-hybridized carbons (Fsp3) is 0.538. The van der Waals surface area contributed by atoms with Crippen LogP contribution in [0.1, 0.15) is 24.5 Å². The van der Waals surface area contributed by atoms with Gasteiger partial charge in [-0.3, -0.25) is 4.90 Å². The number of halogens is 3. The Hall–Kier alpha value is -1.07. The first-order chi connectivity index (χ1) is 8.26. The summed E-state index contributed by atoms with van der Waals surface area (Å²) >= 11 is 0. The van der Waals surface area contributed by atoms with Crippen molar-refractivity contribution in [3.05, 3.63) is 35.4 Å². The Bertz CT molecular complexity index is 411. The summed E-state index contributed by atoms with van der Waals surface area (Å²) in [5, 5.41) is 9.80. The Labute approximate surface area is 104 Å². The molecule has 0 spiro atoms. The van der Waals surface area contributed by atoms with Gasteiger partial charge in [0.15, 0.2) is 0 Å². The summed E-state index contributed by atoms with van der Waals surface area (Å²) in [4.78, 5) is 2.04. The molecule has 1 fully saturated rings. The van der Waals surface area contributed by atoms with Crippen LogP contribution in [0.15, 0.2) is 24.3 Å². The number of aliphatic hydroxyl groups is 1. The molecule has 1 saturated heterocycles. The van der Waals surface area contributed by atoms with Crippen LogP contribution in [0.2, 0.25) is 0 Å². The number of hydrogen-bond acceptors (Lipinski definition) is 2. The van der Waals surface area contributed by atoms with Crippen LogP contribution < -0.4 is 0 Å². The van der Waals surface area contributed by atoms with E-state index in [0.717, 1.165) is 24.2 Å². The smallest absolute Gasteiger partial charge is 0.389 e. The highest BCUT2D eigenvalue weighted by atomic mass is 19.4. The summed E-state index contributed by atoms with van der Waals surface area (Å²) in [6.45, 7) is 3.69. The van der Waals surface area contributed by atoms with Crippen molar-refractivity contribution in [3.63, 3.8) is 0 Å². The van der Waals surface area contributed by atoms with Crippen molar-refractivity contribution in [2.75, 3.05) is 13.1 Å². The minimum Gasteiger partial charge on any atom is -0.389 e. The maximum atomic E-state index is 12.4. The van der Waals surface area contributed by atoms with Crippen molar-refractivity contribution < 1.29 is 18.3 Å². The molecular formula is C13H16F3NO. The molecule has 1 aromatic carbocycles. The van der Waals surface area contributed by atoms with Crippen LogP contribution in [0, 0.1) is 0 Å². The van der Waals surface area contributed by atoms with Crippen molar-refractivity contribution in [2.45, 2.75) is 31.7 Å². The number of rotatable bonds is 2. The van der Waals surface area contributed by atoms with E-state index in [0.29, 0.717) is 19.5 Å². The molecule has 1 aliphatic rings. The molecule has 1 aromatic rings. The molecule has 5 heteroatoms. The monoisotopic (exact) mass is 259 g/mol. The topological polar surface area (TPSA) is 23.5 Å². The zero-order valence-electron chi connectivity index (χ0n) is 10.2. The number of β-amino-alcohol motifs (C(OH)–C–C–N with tert-alkyl or cyclic N) is 1. The van der Waals surface area contributed by atoms with Gasteiger partial charge in [-0.2, -0.15) is 13.2 Å². The highest BCUT2D eigenvalue weighted by Gasteiger charge is 2.32. The van der Waals surface area contributed by atoms with E-state index < -0.39 is 17.3 Å². The Morgan fingerprint density at radius 3 is 2.33 bits per heavy atom. The number of hydrogen-bond donors (Lipinski definition) is 1. The van der Waals surface area contributed by atoms with Gasteiger partial charge in [-0.15, -0.1) is 0 Å². The first-order valence-corrected chi connectivity index (χ1v) is 5.87. The summed E-state index contributed by atoms with van der Waals surface area (Å²) in [5.41, 5.74) is -0.466. The van der Waals surface area contributed by atoms with Crippen molar-refractivity contribution in [1.29, 1.82) is 0 Å².